The highest BCUT2D eigenvalue weighted by atomic mass is 15.1. The van der Waals surface area contributed by atoms with Gasteiger partial charge in [-0.3, -0.25) is 0 Å². The third-order valence-electron chi connectivity index (χ3n) is 3.70. The molecule has 0 aliphatic rings. The van der Waals surface area contributed by atoms with Crippen LogP contribution in [0.1, 0.15) is 13.8 Å². The van der Waals surface area contributed by atoms with Gasteiger partial charge in [0, 0.05) is 12.1 Å². The number of aromatic nitrogens is 2. The second kappa shape index (κ2) is 4.76. The Labute approximate surface area is 119 Å². The van der Waals surface area contributed by atoms with Crippen LogP contribution in [0, 0.1) is 0 Å². The van der Waals surface area contributed by atoms with Gasteiger partial charge in [-0.05, 0) is 26.0 Å². The van der Waals surface area contributed by atoms with Gasteiger partial charge < -0.3 is 10.3 Å². The second-order valence-electron chi connectivity index (χ2n) is 5.64. The Bertz CT molecular complexity index is 726. The summed E-state index contributed by atoms with van der Waals surface area (Å²) in [5, 5.41) is 0. The molecule has 0 radical (unpaired) electrons. The summed E-state index contributed by atoms with van der Waals surface area (Å²) >= 11 is 0. The Balaban J connectivity index is 2.34. The van der Waals surface area contributed by atoms with Gasteiger partial charge >= 0.3 is 0 Å². The van der Waals surface area contributed by atoms with E-state index in [1.165, 1.54) is 0 Å². The molecule has 0 unspecified atom stereocenters. The Hall–Kier alpha value is -2.13. The average Bonchev–Trinajstić information content (AvgIpc) is 2.88. The molecule has 0 fully saturated rings. The summed E-state index contributed by atoms with van der Waals surface area (Å²) in [5.74, 6) is 0.974. The maximum Gasteiger partial charge on any atom is 0.141 e. The first-order chi connectivity index (χ1) is 9.63. The molecule has 2 aromatic carbocycles. The summed E-state index contributed by atoms with van der Waals surface area (Å²) in [6, 6.07) is 18.5. The molecule has 1 aromatic heterocycles. The summed E-state index contributed by atoms with van der Waals surface area (Å²) < 4.78 is 2.25. The van der Waals surface area contributed by atoms with Crippen LogP contribution in [0.15, 0.2) is 54.6 Å². The van der Waals surface area contributed by atoms with Crippen LogP contribution in [0.25, 0.3) is 22.4 Å². The van der Waals surface area contributed by atoms with Crippen molar-refractivity contribution in [2.75, 3.05) is 6.54 Å². The fourth-order valence-electron chi connectivity index (χ4n) is 2.51. The molecule has 102 valence electrons. The van der Waals surface area contributed by atoms with Gasteiger partial charge in [-0.25, -0.2) is 4.98 Å². The molecule has 2 N–H and O–H groups in total. The normalized spacial score (nSPS) is 11.9. The van der Waals surface area contributed by atoms with Gasteiger partial charge in [0.2, 0.25) is 0 Å². The highest BCUT2D eigenvalue weighted by Crippen LogP contribution is 2.30. The van der Waals surface area contributed by atoms with Gasteiger partial charge in [-0.1, -0.05) is 42.5 Å². The highest BCUT2D eigenvalue weighted by molar-refractivity contribution is 5.81. The maximum atomic E-state index is 5.99. The first-order valence-electron chi connectivity index (χ1n) is 6.87. The van der Waals surface area contributed by atoms with E-state index in [-0.39, 0.29) is 5.54 Å². The first kappa shape index (κ1) is 12.9. The number of para-hydroxylation sites is 2. The lowest BCUT2D eigenvalue weighted by Gasteiger charge is -2.28. The van der Waals surface area contributed by atoms with E-state index in [1.54, 1.807) is 0 Å². The van der Waals surface area contributed by atoms with Crippen molar-refractivity contribution < 1.29 is 0 Å². The molecular weight excluding hydrogens is 246 g/mol. The van der Waals surface area contributed by atoms with Crippen molar-refractivity contribution in [2.24, 2.45) is 5.73 Å². The van der Waals surface area contributed by atoms with E-state index in [0.29, 0.717) is 6.54 Å². The number of imidazole rings is 1. The predicted octanol–water partition coefficient (Wildman–Crippen LogP) is 3.40. The van der Waals surface area contributed by atoms with Crippen LogP contribution in [0.3, 0.4) is 0 Å². The van der Waals surface area contributed by atoms with Crippen LogP contribution in [0.5, 0.6) is 0 Å². The van der Waals surface area contributed by atoms with Gasteiger partial charge in [0.25, 0.3) is 0 Å². The predicted molar refractivity (Wildman–Crippen MR) is 83.5 cm³/mol. The van der Waals surface area contributed by atoms with Gasteiger partial charge in [0.15, 0.2) is 0 Å². The van der Waals surface area contributed by atoms with Crippen LogP contribution >= 0.6 is 0 Å². The molecular formula is C17H19N3. The van der Waals surface area contributed by atoms with E-state index in [1.807, 2.05) is 36.4 Å². The van der Waals surface area contributed by atoms with Gasteiger partial charge in [-0.2, -0.15) is 0 Å². The standard InChI is InChI=1S/C17H19N3/c1-17(2,12-18)20-15-11-7-6-10-14(15)19-16(20)13-8-4-3-5-9-13/h3-11H,12,18H2,1-2H3. The number of rotatable bonds is 3. The van der Waals surface area contributed by atoms with Crippen LogP contribution in [0.4, 0.5) is 0 Å². The number of benzene rings is 2. The summed E-state index contributed by atoms with van der Waals surface area (Å²) in [4.78, 5) is 4.80. The molecule has 0 saturated heterocycles. The fourth-order valence-corrected chi connectivity index (χ4v) is 2.51. The molecule has 0 aliphatic heterocycles. The van der Waals surface area contributed by atoms with Gasteiger partial charge in [0.05, 0.1) is 16.6 Å². The van der Waals surface area contributed by atoms with E-state index in [0.717, 1.165) is 22.4 Å². The van der Waals surface area contributed by atoms with Crippen molar-refractivity contribution in [1.29, 1.82) is 0 Å². The number of fused-ring (bicyclic) bond motifs is 1. The SMILES string of the molecule is CC(C)(CN)n1c(-c2ccccc2)nc2ccccc21. The summed E-state index contributed by atoms with van der Waals surface area (Å²) in [6.07, 6.45) is 0. The lowest BCUT2D eigenvalue weighted by atomic mass is 10.0. The smallest absolute Gasteiger partial charge is 0.141 e. The third-order valence-corrected chi connectivity index (χ3v) is 3.70. The maximum absolute atomic E-state index is 5.99. The monoisotopic (exact) mass is 265 g/mol. The Morgan fingerprint density at radius 1 is 1.00 bits per heavy atom. The van der Waals surface area contributed by atoms with Gasteiger partial charge in [-0.15, -0.1) is 0 Å². The molecule has 3 rings (SSSR count). The molecule has 3 nitrogen and oxygen atoms in total. The largest absolute Gasteiger partial charge is 0.328 e. The minimum Gasteiger partial charge on any atom is -0.328 e. The first-order valence-corrected chi connectivity index (χ1v) is 6.87. The lowest BCUT2D eigenvalue weighted by Crippen LogP contribution is -2.35. The third kappa shape index (κ3) is 2.00. The number of hydrogen-bond acceptors (Lipinski definition) is 2. The summed E-state index contributed by atoms with van der Waals surface area (Å²) in [6.45, 7) is 4.86. The minimum absolute atomic E-state index is 0.179. The fraction of sp³-hybridized carbons (Fsp3) is 0.235. The van der Waals surface area contributed by atoms with E-state index < -0.39 is 0 Å². The number of nitrogens with two attached hydrogens (primary N) is 1. The van der Waals surface area contributed by atoms with Crippen molar-refractivity contribution >= 4 is 11.0 Å². The molecule has 0 saturated carbocycles. The Morgan fingerprint density at radius 2 is 1.65 bits per heavy atom. The quantitative estimate of drug-likeness (QED) is 0.788. The van der Waals surface area contributed by atoms with E-state index >= 15 is 0 Å². The topological polar surface area (TPSA) is 43.8 Å². The van der Waals surface area contributed by atoms with Crippen LogP contribution in [0.2, 0.25) is 0 Å². The van der Waals surface area contributed by atoms with Crippen LogP contribution in [-0.2, 0) is 5.54 Å². The zero-order valence-electron chi connectivity index (χ0n) is 11.9. The van der Waals surface area contributed by atoms with E-state index in [9.17, 15) is 0 Å². The Kier molecular flexibility index (Phi) is 3.07. The molecule has 0 amide bonds. The summed E-state index contributed by atoms with van der Waals surface area (Å²) in [7, 11) is 0. The average molecular weight is 265 g/mol. The molecule has 0 bridgehead atoms. The molecule has 3 aromatic rings. The van der Waals surface area contributed by atoms with Gasteiger partial charge in [0.1, 0.15) is 5.82 Å². The van der Waals surface area contributed by atoms with Crippen molar-refractivity contribution in [2.45, 2.75) is 19.4 Å². The van der Waals surface area contributed by atoms with Crippen molar-refractivity contribution in [3.05, 3.63) is 54.6 Å². The highest BCUT2D eigenvalue weighted by Gasteiger charge is 2.25. The number of hydrogen-bond donors (Lipinski definition) is 1. The van der Waals surface area contributed by atoms with Crippen LogP contribution in [-0.4, -0.2) is 16.1 Å². The summed E-state index contributed by atoms with van der Waals surface area (Å²) in [5.41, 5.74) is 9.06. The zero-order valence-corrected chi connectivity index (χ0v) is 11.9. The molecule has 20 heavy (non-hydrogen) atoms. The minimum atomic E-state index is -0.179. The molecule has 0 atom stereocenters. The second-order valence-corrected chi connectivity index (χ2v) is 5.64. The zero-order chi connectivity index (χ0) is 14.2. The molecule has 1 heterocycles. The Morgan fingerprint density at radius 3 is 2.35 bits per heavy atom. The molecule has 3 heteroatoms. The van der Waals surface area contributed by atoms with Crippen LogP contribution < -0.4 is 5.73 Å². The van der Waals surface area contributed by atoms with E-state index in [2.05, 4.69) is 36.6 Å². The molecule has 0 aliphatic carbocycles. The lowest BCUT2D eigenvalue weighted by molar-refractivity contribution is 0.381. The molecule has 0 spiro atoms. The van der Waals surface area contributed by atoms with Crippen molar-refractivity contribution in [1.82, 2.24) is 9.55 Å². The number of nitrogens with zero attached hydrogens (tertiary/aromatic N) is 2. The van der Waals surface area contributed by atoms with Crippen molar-refractivity contribution in [3.63, 3.8) is 0 Å². The van der Waals surface area contributed by atoms with Crippen molar-refractivity contribution in [3.8, 4) is 11.4 Å². The van der Waals surface area contributed by atoms with E-state index in [4.69, 9.17) is 10.7 Å².